The molecule has 4 rings (SSSR count). The Morgan fingerprint density at radius 2 is 1.89 bits per heavy atom. The monoisotopic (exact) mass is 387 g/mol. The molecular weight excluding hydrogens is 354 g/mol. The van der Waals surface area contributed by atoms with Gasteiger partial charge in [-0.3, -0.25) is 0 Å². The number of amides is 2. The number of anilines is 1. The van der Waals surface area contributed by atoms with Crippen LogP contribution in [0.1, 0.15) is 32.3 Å². The first-order chi connectivity index (χ1) is 13.6. The summed E-state index contributed by atoms with van der Waals surface area (Å²) in [4.78, 5) is 17.3. The molecule has 1 atom stereocenters. The summed E-state index contributed by atoms with van der Waals surface area (Å²) in [7, 11) is 0. The summed E-state index contributed by atoms with van der Waals surface area (Å²) in [6.45, 7) is 10.9. The van der Waals surface area contributed by atoms with E-state index in [2.05, 4.69) is 48.3 Å². The Kier molecular flexibility index (Phi) is 5.78. The molecule has 1 N–H and O–H groups in total. The molecule has 0 aliphatic carbocycles. The zero-order valence-corrected chi connectivity index (χ0v) is 17.2. The van der Waals surface area contributed by atoms with Crippen molar-refractivity contribution >= 4 is 11.7 Å². The fourth-order valence-electron chi connectivity index (χ4n) is 5.21. The van der Waals surface area contributed by atoms with Crippen molar-refractivity contribution in [2.24, 2.45) is 11.3 Å². The van der Waals surface area contributed by atoms with Gasteiger partial charge in [-0.15, -0.1) is 0 Å². The van der Waals surface area contributed by atoms with Crippen LogP contribution in [-0.4, -0.2) is 63.0 Å². The number of nitrogens with zero attached hydrogens (tertiary/aromatic N) is 2. The van der Waals surface area contributed by atoms with Crippen LogP contribution in [0.25, 0.3) is 0 Å². The number of hydrogen-bond donors (Lipinski definition) is 1. The Labute approximate surface area is 168 Å². The fourth-order valence-corrected chi connectivity index (χ4v) is 5.21. The maximum Gasteiger partial charge on any atom is 0.317 e. The van der Waals surface area contributed by atoms with Crippen molar-refractivity contribution in [3.8, 4) is 0 Å². The molecule has 3 saturated heterocycles. The summed E-state index contributed by atoms with van der Waals surface area (Å²) >= 11 is 0. The van der Waals surface area contributed by atoms with Gasteiger partial charge in [0, 0.05) is 56.5 Å². The number of carbonyl (C=O) groups excluding carboxylic acids is 1. The summed E-state index contributed by atoms with van der Waals surface area (Å²) in [5, 5.41) is 3.15. The highest BCUT2D eigenvalue weighted by Crippen LogP contribution is 2.48. The number of morpholine rings is 1. The van der Waals surface area contributed by atoms with E-state index in [4.69, 9.17) is 9.47 Å². The van der Waals surface area contributed by atoms with Crippen LogP contribution in [0.15, 0.2) is 24.3 Å². The number of carbonyl (C=O) groups is 1. The SMILES string of the molecule is CC(C)C1N(C(=O)NCc2cccc(N3CCOCC3)c2)CC12CCOCC2. The lowest BCUT2D eigenvalue weighted by Gasteiger charge is -2.60. The number of nitrogens with one attached hydrogen (secondary N) is 1. The normalized spacial score (nSPS) is 24.3. The largest absolute Gasteiger partial charge is 0.381 e. The molecule has 1 aromatic carbocycles. The van der Waals surface area contributed by atoms with Gasteiger partial charge < -0.3 is 24.6 Å². The van der Waals surface area contributed by atoms with E-state index in [-0.39, 0.29) is 11.4 Å². The minimum Gasteiger partial charge on any atom is -0.381 e. The van der Waals surface area contributed by atoms with Crippen LogP contribution >= 0.6 is 0 Å². The summed E-state index contributed by atoms with van der Waals surface area (Å²) in [5.41, 5.74) is 2.61. The van der Waals surface area contributed by atoms with Crippen molar-refractivity contribution in [2.75, 3.05) is 51.0 Å². The molecule has 3 fully saturated rings. The zero-order chi connectivity index (χ0) is 19.6. The molecule has 6 nitrogen and oxygen atoms in total. The van der Waals surface area contributed by atoms with E-state index in [9.17, 15) is 4.79 Å². The summed E-state index contributed by atoms with van der Waals surface area (Å²) < 4.78 is 11.0. The summed E-state index contributed by atoms with van der Waals surface area (Å²) in [6.07, 6.45) is 2.14. The zero-order valence-electron chi connectivity index (χ0n) is 17.2. The topological polar surface area (TPSA) is 54.0 Å². The predicted octanol–water partition coefficient (Wildman–Crippen LogP) is 2.87. The molecule has 0 aromatic heterocycles. The second-order valence-corrected chi connectivity index (χ2v) is 8.72. The lowest BCUT2D eigenvalue weighted by atomic mass is 9.63. The van der Waals surface area contributed by atoms with E-state index in [1.807, 2.05) is 4.90 Å². The number of ether oxygens (including phenoxy) is 2. The van der Waals surface area contributed by atoms with Crippen molar-refractivity contribution in [3.05, 3.63) is 29.8 Å². The number of hydrogen-bond acceptors (Lipinski definition) is 4. The highest BCUT2D eigenvalue weighted by molar-refractivity contribution is 5.76. The first-order valence-electron chi connectivity index (χ1n) is 10.6. The van der Waals surface area contributed by atoms with Gasteiger partial charge >= 0.3 is 6.03 Å². The van der Waals surface area contributed by atoms with Crippen LogP contribution in [0.3, 0.4) is 0 Å². The van der Waals surface area contributed by atoms with Gasteiger partial charge in [0.05, 0.1) is 13.2 Å². The van der Waals surface area contributed by atoms with Crippen LogP contribution in [0.2, 0.25) is 0 Å². The minimum atomic E-state index is 0.0626. The standard InChI is InChI=1S/C22H33N3O3/c1-17(2)20-22(6-10-27-11-7-22)16-25(20)21(26)23-15-18-4-3-5-19(14-18)24-8-12-28-13-9-24/h3-5,14,17,20H,6-13,15-16H2,1-2H3,(H,23,26). The Morgan fingerprint density at radius 3 is 2.61 bits per heavy atom. The van der Waals surface area contributed by atoms with Gasteiger partial charge in [-0.05, 0) is 36.5 Å². The predicted molar refractivity (Wildman–Crippen MR) is 110 cm³/mol. The molecule has 0 saturated carbocycles. The second kappa shape index (κ2) is 8.29. The molecule has 1 unspecified atom stereocenters. The van der Waals surface area contributed by atoms with Gasteiger partial charge in [0.15, 0.2) is 0 Å². The number of rotatable bonds is 4. The Morgan fingerprint density at radius 1 is 1.18 bits per heavy atom. The molecule has 28 heavy (non-hydrogen) atoms. The van der Waals surface area contributed by atoms with E-state index in [0.29, 0.717) is 18.5 Å². The van der Waals surface area contributed by atoms with Gasteiger partial charge in [-0.2, -0.15) is 0 Å². The third-order valence-electron chi connectivity index (χ3n) is 6.56. The molecule has 0 bridgehead atoms. The first kappa shape index (κ1) is 19.5. The third-order valence-corrected chi connectivity index (χ3v) is 6.56. The van der Waals surface area contributed by atoms with Crippen molar-refractivity contribution in [3.63, 3.8) is 0 Å². The summed E-state index contributed by atoms with van der Waals surface area (Å²) in [5.74, 6) is 0.460. The highest BCUT2D eigenvalue weighted by Gasteiger charge is 2.55. The van der Waals surface area contributed by atoms with E-state index in [1.165, 1.54) is 5.69 Å². The van der Waals surface area contributed by atoms with E-state index in [0.717, 1.165) is 64.5 Å². The molecule has 1 spiro atoms. The van der Waals surface area contributed by atoms with E-state index >= 15 is 0 Å². The molecular formula is C22H33N3O3. The minimum absolute atomic E-state index is 0.0626. The fraction of sp³-hybridized carbons (Fsp3) is 0.682. The van der Waals surface area contributed by atoms with Gasteiger partial charge in [0.1, 0.15) is 0 Å². The van der Waals surface area contributed by atoms with Crippen LogP contribution in [0.4, 0.5) is 10.5 Å². The van der Waals surface area contributed by atoms with Gasteiger partial charge in [-0.25, -0.2) is 4.79 Å². The molecule has 6 heteroatoms. The van der Waals surface area contributed by atoms with Gasteiger partial charge in [0.2, 0.25) is 0 Å². The number of benzene rings is 1. The van der Waals surface area contributed by atoms with Crippen molar-refractivity contribution in [1.82, 2.24) is 10.2 Å². The van der Waals surface area contributed by atoms with Crippen LogP contribution in [-0.2, 0) is 16.0 Å². The second-order valence-electron chi connectivity index (χ2n) is 8.72. The van der Waals surface area contributed by atoms with Crippen molar-refractivity contribution < 1.29 is 14.3 Å². The maximum atomic E-state index is 12.9. The maximum absolute atomic E-state index is 12.9. The first-order valence-corrected chi connectivity index (χ1v) is 10.6. The Hall–Kier alpha value is -1.79. The number of likely N-dealkylation sites (tertiary alicyclic amines) is 1. The Bertz CT molecular complexity index is 681. The van der Waals surface area contributed by atoms with Crippen LogP contribution in [0, 0.1) is 11.3 Å². The molecule has 1 aromatic rings. The van der Waals surface area contributed by atoms with E-state index < -0.39 is 0 Å². The molecule has 2 amide bonds. The van der Waals surface area contributed by atoms with Crippen LogP contribution < -0.4 is 10.2 Å². The molecule has 0 radical (unpaired) electrons. The third kappa shape index (κ3) is 3.85. The average Bonchev–Trinajstić information content (AvgIpc) is 2.71. The smallest absolute Gasteiger partial charge is 0.317 e. The quantitative estimate of drug-likeness (QED) is 0.863. The van der Waals surface area contributed by atoms with E-state index in [1.54, 1.807) is 0 Å². The lowest BCUT2D eigenvalue weighted by Crippen LogP contribution is -2.70. The molecule has 3 heterocycles. The van der Waals surface area contributed by atoms with Crippen LogP contribution in [0.5, 0.6) is 0 Å². The summed E-state index contributed by atoms with van der Waals surface area (Å²) in [6, 6.07) is 8.85. The number of urea groups is 1. The highest BCUT2D eigenvalue weighted by atomic mass is 16.5. The average molecular weight is 388 g/mol. The molecule has 3 aliphatic rings. The molecule has 3 aliphatic heterocycles. The van der Waals surface area contributed by atoms with Gasteiger partial charge in [0.25, 0.3) is 0 Å². The molecule has 154 valence electrons. The van der Waals surface area contributed by atoms with Gasteiger partial charge in [-0.1, -0.05) is 26.0 Å². The van der Waals surface area contributed by atoms with Crippen molar-refractivity contribution in [2.45, 2.75) is 39.3 Å². The Balaban J connectivity index is 1.35. The van der Waals surface area contributed by atoms with Crippen molar-refractivity contribution in [1.29, 1.82) is 0 Å². The lowest BCUT2D eigenvalue weighted by molar-refractivity contribution is -0.124.